The lowest BCUT2D eigenvalue weighted by Crippen LogP contribution is -2.45. The lowest BCUT2D eigenvalue weighted by atomic mass is 9.73. The van der Waals surface area contributed by atoms with E-state index in [0.29, 0.717) is 11.3 Å². The largest absolute Gasteiger partial charge is 0.481 e. The maximum Gasteiger partial charge on any atom is 0.307 e. The van der Waals surface area contributed by atoms with Crippen molar-refractivity contribution >= 4 is 5.97 Å². The van der Waals surface area contributed by atoms with E-state index in [-0.39, 0.29) is 5.92 Å². The molecule has 2 rings (SSSR count). The molecule has 0 aromatic rings. The summed E-state index contributed by atoms with van der Waals surface area (Å²) in [7, 11) is 0. The van der Waals surface area contributed by atoms with E-state index in [1.807, 2.05) is 0 Å². The standard InChI is InChI=1S/C16H29NO2/c1-12-8-14(15(18)19)11-17(9-12)10-13-4-6-16(2,3)7-5-13/h12-14H,4-11H2,1-3H3,(H,18,19). The first-order valence-corrected chi connectivity index (χ1v) is 7.81. The Labute approximate surface area is 117 Å². The Morgan fingerprint density at radius 3 is 2.47 bits per heavy atom. The predicted molar refractivity (Wildman–Crippen MR) is 77.1 cm³/mol. The summed E-state index contributed by atoms with van der Waals surface area (Å²) in [5, 5.41) is 9.22. The lowest BCUT2D eigenvalue weighted by Gasteiger charge is -2.40. The summed E-state index contributed by atoms with van der Waals surface area (Å²) >= 11 is 0. The summed E-state index contributed by atoms with van der Waals surface area (Å²) in [6, 6.07) is 0. The van der Waals surface area contributed by atoms with Crippen molar-refractivity contribution in [2.75, 3.05) is 19.6 Å². The summed E-state index contributed by atoms with van der Waals surface area (Å²) in [6.07, 6.45) is 6.13. The van der Waals surface area contributed by atoms with Gasteiger partial charge in [-0.3, -0.25) is 4.79 Å². The Morgan fingerprint density at radius 2 is 1.89 bits per heavy atom. The molecule has 0 aromatic carbocycles. The van der Waals surface area contributed by atoms with Crippen molar-refractivity contribution in [2.45, 2.75) is 52.9 Å². The van der Waals surface area contributed by atoms with Gasteiger partial charge in [-0.1, -0.05) is 20.8 Å². The first kappa shape index (κ1) is 14.8. The second-order valence-electron chi connectivity index (χ2n) is 7.70. The highest BCUT2D eigenvalue weighted by molar-refractivity contribution is 5.70. The smallest absolute Gasteiger partial charge is 0.307 e. The normalized spacial score (nSPS) is 33.2. The zero-order valence-corrected chi connectivity index (χ0v) is 12.7. The Hall–Kier alpha value is -0.570. The van der Waals surface area contributed by atoms with Gasteiger partial charge in [0.05, 0.1) is 5.92 Å². The number of likely N-dealkylation sites (tertiary alicyclic amines) is 1. The molecule has 110 valence electrons. The van der Waals surface area contributed by atoms with E-state index in [2.05, 4.69) is 25.7 Å². The fourth-order valence-electron chi connectivity index (χ4n) is 3.80. The maximum absolute atomic E-state index is 11.2. The number of carboxylic acid groups (broad SMARTS) is 1. The summed E-state index contributed by atoms with van der Waals surface area (Å²) in [5.41, 5.74) is 0.523. The molecular weight excluding hydrogens is 238 g/mol. The van der Waals surface area contributed by atoms with Crippen LogP contribution in [0.5, 0.6) is 0 Å². The molecule has 2 fully saturated rings. The molecule has 1 saturated heterocycles. The summed E-state index contributed by atoms with van der Waals surface area (Å²) < 4.78 is 0. The zero-order chi connectivity index (χ0) is 14.0. The molecule has 0 bridgehead atoms. The SMILES string of the molecule is CC1CC(C(=O)O)CN(CC2CCC(C)(C)CC2)C1. The summed E-state index contributed by atoms with van der Waals surface area (Å²) in [5.74, 6) is 0.549. The van der Waals surface area contributed by atoms with Crippen LogP contribution in [-0.2, 0) is 4.79 Å². The number of aliphatic carboxylic acids is 1. The average molecular weight is 267 g/mol. The molecule has 0 spiro atoms. The molecule has 2 atom stereocenters. The molecule has 1 aliphatic heterocycles. The molecule has 0 amide bonds. The number of carboxylic acids is 1. The number of hydrogen-bond acceptors (Lipinski definition) is 2. The quantitative estimate of drug-likeness (QED) is 0.853. The Bertz CT molecular complexity index is 317. The van der Waals surface area contributed by atoms with Crippen LogP contribution in [0.15, 0.2) is 0 Å². The highest BCUT2D eigenvalue weighted by Crippen LogP contribution is 2.38. The van der Waals surface area contributed by atoms with E-state index in [1.165, 1.54) is 25.7 Å². The first-order valence-electron chi connectivity index (χ1n) is 7.81. The molecule has 2 aliphatic rings. The van der Waals surface area contributed by atoms with E-state index in [1.54, 1.807) is 0 Å². The van der Waals surface area contributed by atoms with E-state index in [0.717, 1.165) is 32.0 Å². The van der Waals surface area contributed by atoms with Gasteiger partial charge < -0.3 is 10.0 Å². The van der Waals surface area contributed by atoms with Crippen molar-refractivity contribution in [3.05, 3.63) is 0 Å². The van der Waals surface area contributed by atoms with Crippen LogP contribution in [-0.4, -0.2) is 35.6 Å². The van der Waals surface area contributed by atoms with Crippen molar-refractivity contribution in [1.29, 1.82) is 0 Å². The van der Waals surface area contributed by atoms with Crippen molar-refractivity contribution in [2.24, 2.45) is 23.2 Å². The highest BCUT2D eigenvalue weighted by atomic mass is 16.4. The van der Waals surface area contributed by atoms with E-state index >= 15 is 0 Å². The molecule has 3 heteroatoms. The number of nitrogens with zero attached hydrogens (tertiary/aromatic N) is 1. The minimum atomic E-state index is -0.610. The van der Waals surface area contributed by atoms with Gasteiger partial charge in [0.2, 0.25) is 0 Å². The third-order valence-corrected chi connectivity index (χ3v) is 5.06. The fourth-order valence-corrected chi connectivity index (χ4v) is 3.80. The molecule has 1 saturated carbocycles. The lowest BCUT2D eigenvalue weighted by molar-refractivity contribution is -0.144. The van der Waals surface area contributed by atoms with E-state index in [9.17, 15) is 9.90 Å². The number of rotatable bonds is 3. The topological polar surface area (TPSA) is 40.5 Å². The van der Waals surface area contributed by atoms with E-state index < -0.39 is 5.97 Å². The first-order chi connectivity index (χ1) is 8.85. The van der Waals surface area contributed by atoms with Crippen LogP contribution in [0.1, 0.15) is 52.9 Å². The van der Waals surface area contributed by atoms with Crippen LogP contribution in [0.2, 0.25) is 0 Å². The fraction of sp³-hybridized carbons (Fsp3) is 0.938. The molecule has 1 heterocycles. The Kier molecular flexibility index (Phi) is 4.54. The van der Waals surface area contributed by atoms with Crippen LogP contribution >= 0.6 is 0 Å². The summed E-state index contributed by atoms with van der Waals surface area (Å²) in [6.45, 7) is 9.89. The molecule has 0 aromatic heterocycles. The highest BCUT2D eigenvalue weighted by Gasteiger charge is 2.32. The van der Waals surface area contributed by atoms with Crippen LogP contribution in [0.4, 0.5) is 0 Å². The van der Waals surface area contributed by atoms with Gasteiger partial charge in [-0.25, -0.2) is 0 Å². The average Bonchev–Trinajstić information content (AvgIpc) is 2.31. The van der Waals surface area contributed by atoms with Crippen LogP contribution in [0.25, 0.3) is 0 Å². The number of piperidine rings is 1. The Morgan fingerprint density at radius 1 is 1.26 bits per heavy atom. The molecule has 19 heavy (non-hydrogen) atoms. The van der Waals surface area contributed by atoms with Crippen molar-refractivity contribution < 1.29 is 9.90 Å². The maximum atomic E-state index is 11.2. The van der Waals surface area contributed by atoms with Gasteiger partial charge in [-0.2, -0.15) is 0 Å². The molecule has 1 aliphatic carbocycles. The van der Waals surface area contributed by atoms with Crippen molar-refractivity contribution in [3.63, 3.8) is 0 Å². The summed E-state index contributed by atoms with van der Waals surface area (Å²) in [4.78, 5) is 13.6. The number of hydrogen-bond donors (Lipinski definition) is 1. The minimum absolute atomic E-state index is 0.149. The predicted octanol–water partition coefficient (Wildman–Crippen LogP) is 3.25. The third kappa shape index (κ3) is 4.20. The van der Waals surface area contributed by atoms with Crippen LogP contribution < -0.4 is 0 Å². The molecule has 3 nitrogen and oxygen atoms in total. The van der Waals surface area contributed by atoms with Crippen LogP contribution in [0, 0.1) is 23.2 Å². The van der Waals surface area contributed by atoms with Gasteiger partial charge in [0.15, 0.2) is 0 Å². The molecule has 2 unspecified atom stereocenters. The van der Waals surface area contributed by atoms with Gasteiger partial charge in [-0.05, 0) is 49.4 Å². The second kappa shape index (κ2) is 5.82. The van der Waals surface area contributed by atoms with Crippen molar-refractivity contribution in [1.82, 2.24) is 4.90 Å². The van der Waals surface area contributed by atoms with Gasteiger partial charge in [0.25, 0.3) is 0 Å². The molecule has 0 radical (unpaired) electrons. The van der Waals surface area contributed by atoms with Gasteiger partial charge in [-0.15, -0.1) is 0 Å². The zero-order valence-electron chi connectivity index (χ0n) is 12.7. The molecule has 1 N–H and O–H groups in total. The Balaban J connectivity index is 1.83. The van der Waals surface area contributed by atoms with Crippen molar-refractivity contribution in [3.8, 4) is 0 Å². The van der Waals surface area contributed by atoms with Gasteiger partial charge in [0, 0.05) is 19.6 Å². The minimum Gasteiger partial charge on any atom is -0.481 e. The van der Waals surface area contributed by atoms with Gasteiger partial charge in [0.1, 0.15) is 0 Å². The molecular formula is C16H29NO2. The monoisotopic (exact) mass is 267 g/mol. The number of carbonyl (C=O) groups is 1. The van der Waals surface area contributed by atoms with Crippen LogP contribution in [0.3, 0.4) is 0 Å². The van der Waals surface area contributed by atoms with Gasteiger partial charge >= 0.3 is 5.97 Å². The third-order valence-electron chi connectivity index (χ3n) is 5.06. The van der Waals surface area contributed by atoms with E-state index in [4.69, 9.17) is 0 Å². The second-order valence-corrected chi connectivity index (χ2v) is 7.70.